The fraction of sp³-hybridized carbons (Fsp3) is 0.406. The summed E-state index contributed by atoms with van der Waals surface area (Å²) in [5.41, 5.74) is 5.39. The summed E-state index contributed by atoms with van der Waals surface area (Å²) in [6.07, 6.45) is 5.06. The number of hydrogen-bond acceptors (Lipinski definition) is 4. The van der Waals surface area contributed by atoms with Gasteiger partial charge in [-0.05, 0) is 67.5 Å². The molecule has 2 unspecified atom stereocenters. The van der Waals surface area contributed by atoms with Gasteiger partial charge in [-0.1, -0.05) is 62.7 Å². The summed E-state index contributed by atoms with van der Waals surface area (Å²) in [6, 6.07) is 20.1. The molecule has 0 saturated heterocycles. The van der Waals surface area contributed by atoms with Crippen molar-refractivity contribution in [2.45, 2.75) is 59.7 Å². The second kappa shape index (κ2) is 14.4. The van der Waals surface area contributed by atoms with Crippen molar-refractivity contribution in [3.05, 3.63) is 94.8 Å². The third kappa shape index (κ3) is 8.25. The SMILES string of the molecule is CCC(C)CCN(C(=O)c1cnc(C)cc1C)c1cccc(COC(CCN(C)C=O)c2ccccc2)c1. The van der Waals surface area contributed by atoms with E-state index in [9.17, 15) is 9.59 Å². The molecule has 1 aromatic heterocycles. The minimum atomic E-state index is -0.147. The number of rotatable bonds is 14. The molecule has 2 aromatic carbocycles. The molecule has 0 aliphatic rings. The van der Waals surface area contributed by atoms with Gasteiger partial charge in [0.1, 0.15) is 0 Å². The normalized spacial score (nSPS) is 12.6. The maximum Gasteiger partial charge on any atom is 0.260 e. The summed E-state index contributed by atoms with van der Waals surface area (Å²) in [6.45, 7) is 9.93. The van der Waals surface area contributed by atoms with Crippen molar-refractivity contribution in [1.82, 2.24) is 9.88 Å². The molecule has 0 N–H and O–H groups in total. The molecular formula is C32H41N3O3. The molecule has 2 amide bonds. The highest BCUT2D eigenvalue weighted by atomic mass is 16.5. The van der Waals surface area contributed by atoms with Crippen LogP contribution in [0.15, 0.2) is 66.9 Å². The van der Waals surface area contributed by atoms with E-state index in [1.807, 2.05) is 67.3 Å². The Balaban J connectivity index is 1.82. The lowest BCUT2D eigenvalue weighted by atomic mass is 10.0. The Labute approximate surface area is 227 Å². The average molecular weight is 516 g/mol. The summed E-state index contributed by atoms with van der Waals surface area (Å²) in [5.74, 6) is 0.487. The van der Waals surface area contributed by atoms with Gasteiger partial charge in [-0.2, -0.15) is 0 Å². The monoisotopic (exact) mass is 515 g/mol. The number of nitrogens with zero attached hydrogens (tertiary/aromatic N) is 3. The van der Waals surface area contributed by atoms with Crippen LogP contribution in [-0.4, -0.2) is 42.3 Å². The summed E-state index contributed by atoms with van der Waals surface area (Å²) >= 11 is 0. The van der Waals surface area contributed by atoms with Crippen molar-refractivity contribution in [2.75, 3.05) is 25.0 Å². The van der Waals surface area contributed by atoms with Crippen molar-refractivity contribution in [1.29, 1.82) is 0 Å². The average Bonchev–Trinajstić information content (AvgIpc) is 2.93. The van der Waals surface area contributed by atoms with Crippen LogP contribution >= 0.6 is 0 Å². The first-order valence-corrected chi connectivity index (χ1v) is 13.5. The lowest BCUT2D eigenvalue weighted by molar-refractivity contribution is -0.117. The zero-order valence-corrected chi connectivity index (χ0v) is 23.4. The molecule has 0 spiro atoms. The van der Waals surface area contributed by atoms with Crippen molar-refractivity contribution >= 4 is 18.0 Å². The quantitative estimate of drug-likeness (QED) is 0.229. The standard InChI is InChI=1S/C32H41N3O3/c1-6-24(2)15-18-35(32(37)30-21-33-26(4)19-25(30)3)29-14-10-11-27(20-29)22-38-31(16-17-34(5)23-36)28-12-8-7-9-13-28/h7-14,19-21,23-24,31H,6,15-18,22H2,1-5H3. The van der Waals surface area contributed by atoms with E-state index in [2.05, 4.69) is 31.0 Å². The second-order valence-electron chi connectivity index (χ2n) is 10.2. The fourth-order valence-electron chi connectivity index (χ4n) is 4.37. The van der Waals surface area contributed by atoms with Crippen LogP contribution in [0, 0.1) is 19.8 Å². The van der Waals surface area contributed by atoms with Gasteiger partial charge >= 0.3 is 0 Å². The fourth-order valence-corrected chi connectivity index (χ4v) is 4.37. The zero-order chi connectivity index (χ0) is 27.5. The van der Waals surface area contributed by atoms with Gasteiger partial charge in [0.25, 0.3) is 5.91 Å². The lowest BCUT2D eigenvalue weighted by Gasteiger charge is -2.26. The Morgan fingerprint density at radius 1 is 1.03 bits per heavy atom. The maximum atomic E-state index is 13.7. The molecule has 38 heavy (non-hydrogen) atoms. The van der Waals surface area contributed by atoms with Crippen molar-refractivity contribution < 1.29 is 14.3 Å². The molecule has 1 heterocycles. The number of anilines is 1. The highest BCUT2D eigenvalue weighted by Gasteiger charge is 2.21. The Morgan fingerprint density at radius 2 is 1.79 bits per heavy atom. The lowest BCUT2D eigenvalue weighted by Crippen LogP contribution is -2.33. The van der Waals surface area contributed by atoms with Crippen LogP contribution in [0.5, 0.6) is 0 Å². The van der Waals surface area contributed by atoms with Crippen LogP contribution < -0.4 is 4.90 Å². The topological polar surface area (TPSA) is 62.7 Å². The molecule has 0 fully saturated rings. The Morgan fingerprint density at radius 3 is 2.47 bits per heavy atom. The summed E-state index contributed by atoms with van der Waals surface area (Å²) < 4.78 is 6.38. The third-order valence-electron chi connectivity index (χ3n) is 7.03. The molecule has 0 saturated carbocycles. The van der Waals surface area contributed by atoms with Gasteiger partial charge in [-0.3, -0.25) is 14.6 Å². The van der Waals surface area contributed by atoms with E-state index in [0.29, 0.717) is 37.6 Å². The molecule has 6 nitrogen and oxygen atoms in total. The van der Waals surface area contributed by atoms with E-state index in [-0.39, 0.29) is 12.0 Å². The molecular weight excluding hydrogens is 474 g/mol. The van der Waals surface area contributed by atoms with E-state index in [0.717, 1.165) is 47.3 Å². The minimum Gasteiger partial charge on any atom is -0.369 e. The molecule has 0 aliphatic carbocycles. The summed E-state index contributed by atoms with van der Waals surface area (Å²) in [7, 11) is 1.77. The van der Waals surface area contributed by atoms with Crippen LogP contribution in [0.1, 0.15) is 72.0 Å². The molecule has 0 radical (unpaired) electrons. The van der Waals surface area contributed by atoms with E-state index >= 15 is 0 Å². The van der Waals surface area contributed by atoms with E-state index in [1.165, 1.54) is 0 Å². The number of aryl methyl sites for hydroxylation is 2. The number of ether oxygens (including phenoxy) is 1. The van der Waals surface area contributed by atoms with Crippen LogP contribution in [-0.2, 0) is 16.1 Å². The molecule has 0 bridgehead atoms. The molecule has 3 aromatic rings. The van der Waals surface area contributed by atoms with E-state index in [4.69, 9.17) is 4.74 Å². The van der Waals surface area contributed by atoms with Crippen LogP contribution in [0.25, 0.3) is 0 Å². The van der Waals surface area contributed by atoms with Crippen LogP contribution in [0.3, 0.4) is 0 Å². The van der Waals surface area contributed by atoms with Crippen LogP contribution in [0.4, 0.5) is 5.69 Å². The van der Waals surface area contributed by atoms with Gasteiger partial charge < -0.3 is 14.5 Å². The van der Waals surface area contributed by atoms with Gasteiger partial charge in [-0.15, -0.1) is 0 Å². The van der Waals surface area contributed by atoms with Gasteiger partial charge in [0.2, 0.25) is 6.41 Å². The number of benzene rings is 2. The number of amides is 2. The highest BCUT2D eigenvalue weighted by molar-refractivity contribution is 6.06. The molecule has 6 heteroatoms. The summed E-state index contributed by atoms with van der Waals surface area (Å²) in [4.78, 5) is 32.7. The first-order valence-electron chi connectivity index (χ1n) is 13.5. The molecule has 202 valence electrons. The minimum absolute atomic E-state index is 0.0320. The van der Waals surface area contributed by atoms with Gasteiger partial charge in [0.15, 0.2) is 0 Å². The number of carbonyl (C=O) groups excluding carboxylic acids is 2. The predicted molar refractivity (Wildman–Crippen MR) is 153 cm³/mol. The number of aromatic nitrogens is 1. The number of hydrogen-bond donors (Lipinski definition) is 0. The predicted octanol–water partition coefficient (Wildman–Crippen LogP) is 6.52. The largest absolute Gasteiger partial charge is 0.369 e. The van der Waals surface area contributed by atoms with Gasteiger partial charge in [0, 0.05) is 37.7 Å². The first-order chi connectivity index (χ1) is 18.3. The Bertz CT molecular complexity index is 1180. The van der Waals surface area contributed by atoms with Crippen molar-refractivity contribution in [3.8, 4) is 0 Å². The molecule has 2 atom stereocenters. The highest BCUT2D eigenvalue weighted by Crippen LogP contribution is 2.26. The second-order valence-corrected chi connectivity index (χ2v) is 10.2. The first kappa shape index (κ1) is 29.1. The van der Waals surface area contributed by atoms with Crippen LogP contribution in [0.2, 0.25) is 0 Å². The maximum absolute atomic E-state index is 13.7. The summed E-state index contributed by atoms with van der Waals surface area (Å²) in [5, 5.41) is 0. The van der Waals surface area contributed by atoms with E-state index in [1.54, 1.807) is 18.1 Å². The Hall–Kier alpha value is -3.51. The molecule has 3 rings (SSSR count). The van der Waals surface area contributed by atoms with Crippen molar-refractivity contribution in [3.63, 3.8) is 0 Å². The number of carbonyl (C=O) groups is 2. The van der Waals surface area contributed by atoms with Gasteiger partial charge in [-0.25, -0.2) is 0 Å². The van der Waals surface area contributed by atoms with Gasteiger partial charge in [0.05, 0.1) is 18.3 Å². The third-order valence-corrected chi connectivity index (χ3v) is 7.03. The smallest absolute Gasteiger partial charge is 0.260 e. The van der Waals surface area contributed by atoms with Crippen molar-refractivity contribution in [2.24, 2.45) is 5.92 Å². The van der Waals surface area contributed by atoms with E-state index < -0.39 is 0 Å². The Kier molecular flexibility index (Phi) is 11.0. The number of pyridine rings is 1. The zero-order valence-electron chi connectivity index (χ0n) is 23.4. The molecule has 0 aliphatic heterocycles.